The van der Waals surface area contributed by atoms with E-state index in [1.165, 1.54) is 12.5 Å². The molecule has 1 amide bonds. The summed E-state index contributed by atoms with van der Waals surface area (Å²) in [4.78, 5) is 16.1. The molecule has 7 heteroatoms. The van der Waals surface area contributed by atoms with Gasteiger partial charge in [-0.1, -0.05) is 12.1 Å². The zero-order valence-electron chi connectivity index (χ0n) is 10.7. The molecule has 0 aliphatic rings. The number of rotatable bonds is 3. The summed E-state index contributed by atoms with van der Waals surface area (Å²) >= 11 is 0. The Morgan fingerprint density at radius 1 is 1.40 bits per heavy atom. The molecule has 100 valence electrons. The molecule has 1 aromatic carbocycles. The van der Waals surface area contributed by atoms with Crippen molar-refractivity contribution in [2.45, 2.75) is 0 Å². The van der Waals surface area contributed by atoms with Crippen LogP contribution >= 0.6 is 0 Å². The number of carbonyl (C=O) groups is 1. The van der Waals surface area contributed by atoms with Crippen LogP contribution < -0.4 is 5.32 Å². The molecule has 0 saturated heterocycles. The van der Waals surface area contributed by atoms with Gasteiger partial charge in [-0.2, -0.15) is 10.2 Å². The van der Waals surface area contributed by atoms with Gasteiger partial charge < -0.3 is 5.32 Å². The molecule has 0 radical (unpaired) electrons. The van der Waals surface area contributed by atoms with Gasteiger partial charge in [0, 0.05) is 24.5 Å². The number of nitrogens with one attached hydrogen (secondary N) is 2. The Hall–Kier alpha value is -2.96. The second-order valence-corrected chi connectivity index (χ2v) is 4.27. The van der Waals surface area contributed by atoms with E-state index in [9.17, 15) is 4.79 Å². The van der Waals surface area contributed by atoms with E-state index in [0.717, 1.165) is 5.56 Å². The van der Waals surface area contributed by atoms with Crippen LogP contribution in [0.2, 0.25) is 0 Å². The van der Waals surface area contributed by atoms with Crippen LogP contribution in [0.25, 0.3) is 11.4 Å². The number of amides is 1. The van der Waals surface area contributed by atoms with Crippen molar-refractivity contribution in [1.82, 2.24) is 25.0 Å². The van der Waals surface area contributed by atoms with Crippen LogP contribution in [0.5, 0.6) is 0 Å². The summed E-state index contributed by atoms with van der Waals surface area (Å²) in [5.74, 6) is 0.454. The number of hydrogen-bond donors (Lipinski definition) is 2. The summed E-state index contributed by atoms with van der Waals surface area (Å²) in [6.45, 7) is 0. The molecule has 0 aliphatic heterocycles. The molecule has 0 spiro atoms. The van der Waals surface area contributed by atoms with Gasteiger partial charge in [0.25, 0.3) is 5.91 Å². The molecule has 7 nitrogen and oxygen atoms in total. The Balaban J connectivity index is 1.81. The Kier molecular flexibility index (Phi) is 3.00. The van der Waals surface area contributed by atoms with Gasteiger partial charge in [-0.25, -0.2) is 4.98 Å². The molecule has 0 atom stereocenters. The molecule has 2 heterocycles. The minimum absolute atomic E-state index is 0.201. The summed E-state index contributed by atoms with van der Waals surface area (Å²) in [5, 5.41) is 13.4. The third-order valence-electron chi connectivity index (χ3n) is 2.78. The zero-order chi connectivity index (χ0) is 13.9. The van der Waals surface area contributed by atoms with E-state index in [4.69, 9.17) is 0 Å². The molecular weight excluding hydrogens is 256 g/mol. The lowest BCUT2D eigenvalue weighted by Crippen LogP contribution is -2.11. The van der Waals surface area contributed by atoms with E-state index in [2.05, 4.69) is 25.6 Å². The average Bonchev–Trinajstić information content (AvgIpc) is 3.10. The molecule has 0 unspecified atom stereocenters. The lowest BCUT2D eigenvalue weighted by atomic mass is 10.2. The highest BCUT2D eigenvalue weighted by Crippen LogP contribution is 2.19. The molecular formula is C13H12N6O. The topological polar surface area (TPSA) is 88.5 Å². The van der Waals surface area contributed by atoms with Crippen molar-refractivity contribution in [3.8, 4) is 11.4 Å². The molecule has 2 aromatic heterocycles. The third kappa shape index (κ3) is 2.41. The number of aryl methyl sites for hydroxylation is 1. The second-order valence-electron chi connectivity index (χ2n) is 4.27. The summed E-state index contributed by atoms with van der Waals surface area (Å²) in [6.07, 6.45) is 4.63. The number of nitrogens with zero attached hydrogens (tertiary/aromatic N) is 4. The largest absolute Gasteiger partial charge is 0.322 e. The predicted molar refractivity (Wildman–Crippen MR) is 73.0 cm³/mol. The first-order valence-corrected chi connectivity index (χ1v) is 5.98. The third-order valence-corrected chi connectivity index (χ3v) is 2.78. The van der Waals surface area contributed by atoms with E-state index >= 15 is 0 Å². The Bertz CT molecular complexity index is 731. The molecule has 2 N–H and O–H groups in total. The predicted octanol–water partition coefficient (Wildman–Crippen LogP) is 1.46. The Morgan fingerprint density at radius 2 is 2.30 bits per heavy atom. The number of carbonyl (C=O) groups excluding carboxylic acids is 1. The van der Waals surface area contributed by atoms with Gasteiger partial charge in [0.15, 0.2) is 5.82 Å². The highest BCUT2D eigenvalue weighted by Gasteiger charge is 2.09. The van der Waals surface area contributed by atoms with Gasteiger partial charge in [-0.05, 0) is 12.1 Å². The Labute approximate surface area is 114 Å². The smallest absolute Gasteiger partial charge is 0.258 e. The number of aromatic nitrogens is 5. The Morgan fingerprint density at radius 3 is 3.00 bits per heavy atom. The first kappa shape index (κ1) is 12.1. The second kappa shape index (κ2) is 4.96. The first-order chi connectivity index (χ1) is 9.72. The quantitative estimate of drug-likeness (QED) is 0.752. The van der Waals surface area contributed by atoms with Crippen molar-refractivity contribution in [3.63, 3.8) is 0 Å². The van der Waals surface area contributed by atoms with E-state index in [1.807, 2.05) is 24.3 Å². The fourth-order valence-corrected chi connectivity index (χ4v) is 1.83. The summed E-state index contributed by atoms with van der Waals surface area (Å²) in [5.41, 5.74) is 2.05. The first-order valence-electron chi connectivity index (χ1n) is 5.98. The molecule has 0 bridgehead atoms. The number of aromatic amines is 1. The number of hydrogen-bond acceptors (Lipinski definition) is 4. The lowest BCUT2D eigenvalue weighted by molar-refractivity contribution is 0.102. The number of benzene rings is 1. The normalized spacial score (nSPS) is 10.4. The molecule has 0 saturated carbocycles. The molecule has 3 aromatic rings. The zero-order valence-corrected chi connectivity index (χ0v) is 10.7. The van der Waals surface area contributed by atoms with E-state index in [1.54, 1.807) is 17.9 Å². The van der Waals surface area contributed by atoms with Gasteiger partial charge in [0.2, 0.25) is 0 Å². The number of anilines is 1. The molecule has 0 fully saturated rings. The van der Waals surface area contributed by atoms with Crippen LogP contribution in [0.1, 0.15) is 10.4 Å². The van der Waals surface area contributed by atoms with Gasteiger partial charge in [0.05, 0.1) is 11.8 Å². The fourth-order valence-electron chi connectivity index (χ4n) is 1.83. The van der Waals surface area contributed by atoms with Crippen LogP contribution in [0.4, 0.5) is 5.69 Å². The fraction of sp³-hybridized carbons (Fsp3) is 0.0769. The van der Waals surface area contributed by atoms with Gasteiger partial charge >= 0.3 is 0 Å². The SMILES string of the molecule is Cn1cc(C(=O)Nc2cccc(-c3ncn[nH]3)c2)cn1. The highest BCUT2D eigenvalue weighted by atomic mass is 16.1. The van der Waals surface area contributed by atoms with Crippen molar-refractivity contribution in [2.24, 2.45) is 7.05 Å². The van der Waals surface area contributed by atoms with Gasteiger partial charge in [0.1, 0.15) is 6.33 Å². The average molecular weight is 268 g/mol. The van der Waals surface area contributed by atoms with Crippen molar-refractivity contribution in [1.29, 1.82) is 0 Å². The van der Waals surface area contributed by atoms with Crippen LogP contribution in [0.15, 0.2) is 43.0 Å². The van der Waals surface area contributed by atoms with Crippen molar-refractivity contribution < 1.29 is 4.79 Å². The highest BCUT2D eigenvalue weighted by molar-refractivity contribution is 6.04. The minimum Gasteiger partial charge on any atom is -0.322 e. The van der Waals surface area contributed by atoms with E-state index in [0.29, 0.717) is 17.1 Å². The maximum atomic E-state index is 12.0. The van der Waals surface area contributed by atoms with Crippen molar-refractivity contribution in [2.75, 3.05) is 5.32 Å². The monoisotopic (exact) mass is 268 g/mol. The van der Waals surface area contributed by atoms with Crippen LogP contribution in [-0.4, -0.2) is 30.9 Å². The van der Waals surface area contributed by atoms with E-state index in [-0.39, 0.29) is 5.91 Å². The minimum atomic E-state index is -0.201. The molecule has 3 rings (SSSR count). The van der Waals surface area contributed by atoms with Crippen molar-refractivity contribution >= 4 is 11.6 Å². The maximum Gasteiger partial charge on any atom is 0.258 e. The lowest BCUT2D eigenvalue weighted by Gasteiger charge is -2.05. The summed E-state index contributed by atoms with van der Waals surface area (Å²) in [7, 11) is 1.77. The summed E-state index contributed by atoms with van der Waals surface area (Å²) in [6, 6.07) is 7.37. The van der Waals surface area contributed by atoms with E-state index < -0.39 is 0 Å². The molecule has 20 heavy (non-hydrogen) atoms. The van der Waals surface area contributed by atoms with Crippen LogP contribution in [-0.2, 0) is 7.05 Å². The van der Waals surface area contributed by atoms with Gasteiger partial charge in [-0.3, -0.25) is 14.6 Å². The van der Waals surface area contributed by atoms with Crippen LogP contribution in [0, 0.1) is 0 Å². The van der Waals surface area contributed by atoms with Gasteiger partial charge in [-0.15, -0.1) is 0 Å². The summed E-state index contributed by atoms with van der Waals surface area (Å²) < 4.78 is 1.58. The maximum absolute atomic E-state index is 12.0. The standard InChI is InChI=1S/C13H12N6O/c1-19-7-10(6-16-19)13(20)17-11-4-2-3-9(5-11)12-14-8-15-18-12/h2-8H,1H3,(H,17,20)(H,14,15,18). The van der Waals surface area contributed by atoms with Crippen molar-refractivity contribution in [3.05, 3.63) is 48.5 Å². The number of H-pyrrole nitrogens is 1. The molecule has 0 aliphatic carbocycles. The van der Waals surface area contributed by atoms with Crippen LogP contribution in [0.3, 0.4) is 0 Å².